The van der Waals surface area contributed by atoms with Crippen LogP contribution < -0.4 is 0 Å². The fourth-order valence-electron chi connectivity index (χ4n) is 4.26. The number of piperazine rings is 1. The molecule has 1 atom stereocenters. The number of hydrogen-bond donors (Lipinski definition) is 1. The SMILES string of the molecule is CC(C)c1ccc(C(c2cn[nH]c2)N2CCN(C)CC2)cc1-c1ccccc1F. The molecule has 2 heterocycles. The van der Waals surface area contributed by atoms with Gasteiger partial charge < -0.3 is 4.90 Å². The van der Waals surface area contributed by atoms with Crippen molar-refractivity contribution in [3.05, 3.63) is 77.4 Å². The largest absolute Gasteiger partial charge is 0.304 e. The number of H-pyrrole nitrogens is 1. The lowest BCUT2D eigenvalue weighted by Gasteiger charge is -2.38. The van der Waals surface area contributed by atoms with Crippen LogP contribution in [0.4, 0.5) is 4.39 Å². The van der Waals surface area contributed by atoms with Crippen molar-refractivity contribution in [1.29, 1.82) is 0 Å². The number of aromatic amines is 1. The molecule has 29 heavy (non-hydrogen) atoms. The number of rotatable bonds is 5. The average Bonchev–Trinajstić information content (AvgIpc) is 3.24. The molecule has 1 N–H and O–H groups in total. The van der Waals surface area contributed by atoms with Crippen molar-refractivity contribution in [3.8, 4) is 11.1 Å². The molecule has 0 spiro atoms. The second-order valence-electron chi connectivity index (χ2n) is 8.25. The van der Waals surface area contributed by atoms with Gasteiger partial charge in [-0.1, -0.05) is 44.2 Å². The summed E-state index contributed by atoms with van der Waals surface area (Å²) < 4.78 is 14.7. The van der Waals surface area contributed by atoms with Crippen LogP contribution in [0.2, 0.25) is 0 Å². The summed E-state index contributed by atoms with van der Waals surface area (Å²) >= 11 is 0. The summed E-state index contributed by atoms with van der Waals surface area (Å²) in [6, 6.07) is 13.7. The minimum atomic E-state index is -0.175. The van der Waals surface area contributed by atoms with Gasteiger partial charge in [-0.2, -0.15) is 5.10 Å². The van der Waals surface area contributed by atoms with E-state index in [-0.39, 0.29) is 11.9 Å². The Labute approximate surface area is 172 Å². The Morgan fingerprint density at radius 3 is 2.38 bits per heavy atom. The van der Waals surface area contributed by atoms with Crippen molar-refractivity contribution in [2.24, 2.45) is 0 Å². The second-order valence-corrected chi connectivity index (χ2v) is 8.25. The maximum Gasteiger partial charge on any atom is 0.131 e. The molecule has 5 heteroatoms. The van der Waals surface area contributed by atoms with Crippen LogP contribution in [0.1, 0.15) is 42.5 Å². The Kier molecular flexibility index (Phi) is 5.79. The summed E-state index contributed by atoms with van der Waals surface area (Å²) in [6.07, 6.45) is 3.88. The highest BCUT2D eigenvalue weighted by molar-refractivity contribution is 5.70. The van der Waals surface area contributed by atoms with E-state index in [1.807, 2.05) is 24.5 Å². The molecule has 0 amide bonds. The van der Waals surface area contributed by atoms with Gasteiger partial charge in [0, 0.05) is 43.5 Å². The quantitative estimate of drug-likeness (QED) is 0.685. The summed E-state index contributed by atoms with van der Waals surface area (Å²) in [5.41, 5.74) is 5.15. The number of aromatic nitrogens is 2. The molecular weight excluding hydrogens is 363 g/mol. The third-order valence-electron chi connectivity index (χ3n) is 5.92. The molecule has 1 saturated heterocycles. The number of halogens is 1. The van der Waals surface area contributed by atoms with Crippen molar-refractivity contribution in [1.82, 2.24) is 20.0 Å². The minimum Gasteiger partial charge on any atom is -0.304 e. The van der Waals surface area contributed by atoms with Gasteiger partial charge in [0.05, 0.1) is 12.2 Å². The maximum atomic E-state index is 14.7. The van der Waals surface area contributed by atoms with Crippen molar-refractivity contribution >= 4 is 0 Å². The van der Waals surface area contributed by atoms with Crippen molar-refractivity contribution < 1.29 is 4.39 Å². The van der Waals surface area contributed by atoms with Crippen LogP contribution in [0, 0.1) is 5.82 Å². The van der Waals surface area contributed by atoms with Crippen LogP contribution in [0.25, 0.3) is 11.1 Å². The fourth-order valence-corrected chi connectivity index (χ4v) is 4.26. The molecule has 0 aliphatic carbocycles. The fraction of sp³-hybridized carbons (Fsp3) is 0.375. The first kappa shape index (κ1) is 19.8. The summed E-state index contributed by atoms with van der Waals surface area (Å²) in [5, 5.41) is 7.16. The van der Waals surface area contributed by atoms with E-state index in [2.05, 4.69) is 59.1 Å². The minimum absolute atomic E-state index is 0.106. The van der Waals surface area contributed by atoms with Gasteiger partial charge in [0.15, 0.2) is 0 Å². The molecule has 0 saturated carbocycles. The smallest absolute Gasteiger partial charge is 0.131 e. The van der Waals surface area contributed by atoms with E-state index in [1.165, 1.54) is 11.1 Å². The van der Waals surface area contributed by atoms with E-state index < -0.39 is 0 Å². The first-order valence-corrected chi connectivity index (χ1v) is 10.3. The second kappa shape index (κ2) is 8.47. The zero-order valence-corrected chi connectivity index (χ0v) is 17.4. The highest BCUT2D eigenvalue weighted by Crippen LogP contribution is 2.36. The Hall–Kier alpha value is -2.50. The zero-order chi connectivity index (χ0) is 20.4. The molecule has 1 unspecified atom stereocenters. The van der Waals surface area contributed by atoms with Crippen LogP contribution in [0.5, 0.6) is 0 Å². The van der Waals surface area contributed by atoms with Gasteiger partial charge in [0.1, 0.15) is 5.82 Å². The molecule has 1 aliphatic heterocycles. The van der Waals surface area contributed by atoms with Gasteiger partial charge in [-0.15, -0.1) is 0 Å². The summed E-state index contributed by atoms with van der Waals surface area (Å²) in [5.74, 6) is 0.140. The summed E-state index contributed by atoms with van der Waals surface area (Å²) in [6.45, 7) is 8.39. The number of nitrogens with one attached hydrogen (secondary N) is 1. The van der Waals surface area contributed by atoms with Gasteiger partial charge in [0.25, 0.3) is 0 Å². The molecule has 0 bridgehead atoms. The Bertz CT molecular complexity index is 943. The molecule has 4 rings (SSSR count). The van der Waals surface area contributed by atoms with E-state index in [0.717, 1.165) is 37.3 Å². The lowest BCUT2D eigenvalue weighted by molar-refractivity contribution is 0.127. The first-order chi connectivity index (χ1) is 14.0. The zero-order valence-electron chi connectivity index (χ0n) is 17.4. The number of benzene rings is 2. The highest BCUT2D eigenvalue weighted by Gasteiger charge is 2.27. The van der Waals surface area contributed by atoms with E-state index in [0.29, 0.717) is 11.5 Å². The molecule has 1 aromatic heterocycles. The average molecular weight is 393 g/mol. The third kappa shape index (κ3) is 4.11. The number of nitrogens with zero attached hydrogens (tertiary/aromatic N) is 3. The van der Waals surface area contributed by atoms with Gasteiger partial charge in [0.2, 0.25) is 0 Å². The van der Waals surface area contributed by atoms with Crippen LogP contribution in [-0.2, 0) is 0 Å². The van der Waals surface area contributed by atoms with Crippen LogP contribution >= 0.6 is 0 Å². The molecular formula is C24H29FN4. The Morgan fingerprint density at radius 1 is 0.966 bits per heavy atom. The van der Waals surface area contributed by atoms with Crippen molar-refractivity contribution in [2.75, 3.05) is 33.2 Å². The molecule has 3 aromatic rings. The Morgan fingerprint density at radius 2 is 1.72 bits per heavy atom. The van der Waals surface area contributed by atoms with Gasteiger partial charge >= 0.3 is 0 Å². The maximum absolute atomic E-state index is 14.7. The van der Waals surface area contributed by atoms with Crippen LogP contribution in [0.15, 0.2) is 54.9 Å². The van der Waals surface area contributed by atoms with Gasteiger partial charge in [-0.3, -0.25) is 10.00 Å². The standard InChI is InChI=1S/C24H29FN4/c1-17(2)20-9-8-18(14-22(20)21-6-4-5-7-23(21)25)24(19-15-26-27-16-19)29-12-10-28(3)11-13-29/h4-9,14-17,24H,10-13H2,1-3H3,(H,26,27). The van der Waals surface area contributed by atoms with Crippen molar-refractivity contribution in [2.45, 2.75) is 25.8 Å². The van der Waals surface area contributed by atoms with Crippen LogP contribution in [0.3, 0.4) is 0 Å². The monoisotopic (exact) mass is 392 g/mol. The van der Waals surface area contributed by atoms with E-state index in [9.17, 15) is 4.39 Å². The molecule has 2 aromatic carbocycles. The summed E-state index contributed by atoms with van der Waals surface area (Å²) in [7, 11) is 2.16. The third-order valence-corrected chi connectivity index (χ3v) is 5.92. The number of likely N-dealkylation sites (N-methyl/N-ethyl adjacent to an activating group) is 1. The molecule has 0 radical (unpaired) electrons. The van der Waals surface area contributed by atoms with E-state index in [1.54, 1.807) is 12.1 Å². The lowest BCUT2D eigenvalue weighted by Crippen LogP contribution is -2.46. The van der Waals surface area contributed by atoms with Gasteiger partial charge in [-0.05, 0) is 41.8 Å². The lowest BCUT2D eigenvalue weighted by atomic mass is 9.88. The van der Waals surface area contributed by atoms with Gasteiger partial charge in [-0.25, -0.2) is 4.39 Å². The molecule has 1 fully saturated rings. The summed E-state index contributed by atoms with van der Waals surface area (Å²) in [4.78, 5) is 4.86. The Balaban J connectivity index is 1.81. The topological polar surface area (TPSA) is 35.2 Å². The van der Waals surface area contributed by atoms with Crippen molar-refractivity contribution in [3.63, 3.8) is 0 Å². The highest BCUT2D eigenvalue weighted by atomic mass is 19.1. The van der Waals surface area contributed by atoms with E-state index >= 15 is 0 Å². The predicted octanol–water partition coefficient (Wildman–Crippen LogP) is 4.68. The normalized spacial score (nSPS) is 17.0. The van der Waals surface area contributed by atoms with Crippen LogP contribution in [-0.4, -0.2) is 53.2 Å². The predicted molar refractivity (Wildman–Crippen MR) is 115 cm³/mol. The molecule has 1 aliphatic rings. The number of hydrogen-bond acceptors (Lipinski definition) is 3. The first-order valence-electron chi connectivity index (χ1n) is 10.3. The molecule has 152 valence electrons. The van der Waals surface area contributed by atoms with E-state index in [4.69, 9.17) is 0 Å². The molecule has 4 nitrogen and oxygen atoms in total.